The summed E-state index contributed by atoms with van der Waals surface area (Å²) < 4.78 is 1.53. The minimum absolute atomic E-state index is 0.0626. The van der Waals surface area contributed by atoms with E-state index in [1.165, 1.54) is 4.68 Å². The molecule has 1 aromatic rings. The zero-order valence-corrected chi connectivity index (χ0v) is 7.19. The molecule has 2 rings (SSSR count). The first-order chi connectivity index (χ1) is 6.25. The number of aryl methyl sites for hydroxylation is 1. The molecule has 1 unspecified atom stereocenters. The van der Waals surface area contributed by atoms with E-state index in [2.05, 4.69) is 26.2 Å². The highest BCUT2D eigenvalue weighted by molar-refractivity contribution is 5.79. The number of nitrogens with one attached hydrogen (secondary N) is 2. The number of carbonyl (C=O) groups is 1. The van der Waals surface area contributed by atoms with Gasteiger partial charge in [0, 0.05) is 20.0 Å². The van der Waals surface area contributed by atoms with Crippen molar-refractivity contribution >= 4 is 11.9 Å². The molecule has 1 amide bonds. The molecule has 1 atom stereocenters. The molecule has 0 aliphatic carbocycles. The zero-order chi connectivity index (χ0) is 9.26. The van der Waals surface area contributed by atoms with Gasteiger partial charge in [0.25, 0.3) is 0 Å². The lowest BCUT2D eigenvalue weighted by Gasteiger charge is -2.08. The van der Waals surface area contributed by atoms with Crippen molar-refractivity contribution in [2.75, 3.05) is 11.9 Å². The lowest BCUT2D eigenvalue weighted by atomic mass is 10.3. The zero-order valence-electron chi connectivity index (χ0n) is 7.19. The van der Waals surface area contributed by atoms with Crippen LogP contribution in [0.25, 0.3) is 0 Å². The molecular weight excluding hydrogens is 172 g/mol. The summed E-state index contributed by atoms with van der Waals surface area (Å²) in [5.74, 6) is 0.647. The largest absolute Gasteiger partial charge is 0.354 e. The Hall–Kier alpha value is -1.66. The molecule has 0 saturated carbocycles. The summed E-state index contributed by atoms with van der Waals surface area (Å²) in [6.45, 7) is 0.631. The van der Waals surface area contributed by atoms with Gasteiger partial charge in [-0.2, -0.15) is 0 Å². The normalized spacial score (nSPS) is 21.6. The predicted molar refractivity (Wildman–Crippen MR) is 43.8 cm³/mol. The van der Waals surface area contributed by atoms with Crippen LogP contribution in [0.4, 0.5) is 5.95 Å². The number of tetrazole rings is 1. The monoisotopic (exact) mass is 182 g/mol. The maximum absolute atomic E-state index is 10.9. The molecule has 70 valence electrons. The molecular formula is C6H10N6O. The molecule has 0 spiro atoms. The molecule has 1 fully saturated rings. The summed E-state index contributed by atoms with van der Waals surface area (Å²) in [6, 6.07) is 0.0946. The third-order valence-electron chi connectivity index (χ3n) is 1.93. The topological polar surface area (TPSA) is 84.7 Å². The second-order valence-corrected chi connectivity index (χ2v) is 2.98. The Bertz CT molecular complexity index is 321. The number of rotatable bonds is 2. The van der Waals surface area contributed by atoms with Gasteiger partial charge in [0.15, 0.2) is 0 Å². The smallest absolute Gasteiger partial charge is 0.242 e. The Balaban J connectivity index is 1.99. The van der Waals surface area contributed by atoms with E-state index < -0.39 is 0 Å². The Morgan fingerprint density at radius 3 is 3.08 bits per heavy atom. The number of anilines is 1. The fourth-order valence-electron chi connectivity index (χ4n) is 1.24. The maximum atomic E-state index is 10.9. The minimum atomic E-state index is 0.0626. The third-order valence-corrected chi connectivity index (χ3v) is 1.93. The van der Waals surface area contributed by atoms with Crippen molar-refractivity contribution in [1.29, 1.82) is 0 Å². The summed E-state index contributed by atoms with van der Waals surface area (Å²) in [7, 11) is 1.74. The highest BCUT2D eigenvalue weighted by Gasteiger charge is 2.22. The quantitative estimate of drug-likeness (QED) is 0.582. The van der Waals surface area contributed by atoms with Gasteiger partial charge < -0.3 is 10.6 Å². The summed E-state index contributed by atoms with van der Waals surface area (Å²) in [4.78, 5) is 10.9. The van der Waals surface area contributed by atoms with Crippen LogP contribution in [0.2, 0.25) is 0 Å². The van der Waals surface area contributed by atoms with E-state index in [9.17, 15) is 4.79 Å². The number of hydrogen-bond donors (Lipinski definition) is 2. The van der Waals surface area contributed by atoms with Crippen LogP contribution in [0, 0.1) is 0 Å². The SMILES string of the molecule is Cn1nnnc1NC1CNC(=O)C1. The van der Waals surface area contributed by atoms with Crippen molar-refractivity contribution in [2.45, 2.75) is 12.5 Å². The molecule has 1 saturated heterocycles. The molecule has 0 bridgehead atoms. The van der Waals surface area contributed by atoms with Crippen molar-refractivity contribution in [3.05, 3.63) is 0 Å². The van der Waals surface area contributed by atoms with E-state index in [0.717, 1.165) is 0 Å². The third kappa shape index (κ3) is 1.58. The Kier molecular flexibility index (Phi) is 1.84. The Morgan fingerprint density at radius 1 is 1.69 bits per heavy atom. The first-order valence-electron chi connectivity index (χ1n) is 4.01. The van der Waals surface area contributed by atoms with Crippen LogP contribution in [0.3, 0.4) is 0 Å². The molecule has 13 heavy (non-hydrogen) atoms. The standard InChI is InChI=1S/C6H10N6O/c1-12-6(9-10-11-12)8-4-2-5(13)7-3-4/h4H,2-3H2,1H3,(H,7,13)(H,8,9,11). The van der Waals surface area contributed by atoms with Gasteiger partial charge >= 0.3 is 0 Å². The molecule has 2 heterocycles. The fourth-order valence-corrected chi connectivity index (χ4v) is 1.24. The average molecular weight is 182 g/mol. The second kappa shape index (κ2) is 3.00. The van der Waals surface area contributed by atoms with E-state index in [4.69, 9.17) is 0 Å². The molecule has 0 radical (unpaired) electrons. The number of hydrogen-bond acceptors (Lipinski definition) is 5. The summed E-state index contributed by atoms with van der Waals surface area (Å²) in [6.07, 6.45) is 0.479. The average Bonchev–Trinajstić information content (AvgIpc) is 2.64. The van der Waals surface area contributed by atoms with Crippen molar-refractivity contribution in [2.24, 2.45) is 7.05 Å². The number of amides is 1. The van der Waals surface area contributed by atoms with Gasteiger partial charge in [-0.05, 0) is 10.4 Å². The highest BCUT2D eigenvalue weighted by Crippen LogP contribution is 2.06. The van der Waals surface area contributed by atoms with Gasteiger partial charge in [-0.25, -0.2) is 4.68 Å². The van der Waals surface area contributed by atoms with Crippen molar-refractivity contribution < 1.29 is 4.79 Å². The van der Waals surface area contributed by atoms with Crippen LogP contribution < -0.4 is 10.6 Å². The molecule has 7 nitrogen and oxygen atoms in total. The van der Waals surface area contributed by atoms with E-state index in [-0.39, 0.29) is 11.9 Å². The molecule has 1 aliphatic heterocycles. The highest BCUT2D eigenvalue weighted by atomic mass is 16.1. The molecule has 1 aliphatic rings. The van der Waals surface area contributed by atoms with Gasteiger partial charge in [-0.3, -0.25) is 4.79 Å². The molecule has 1 aromatic heterocycles. The lowest BCUT2D eigenvalue weighted by Crippen LogP contribution is -2.24. The maximum Gasteiger partial charge on any atom is 0.242 e. The van der Waals surface area contributed by atoms with E-state index in [1.54, 1.807) is 7.05 Å². The Labute approximate surface area is 74.5 Å². The van der Waals surface area contributed by atoms with Crippen molar-refractivity contribution in [3.63, 3.8) is 0 Å². The molecule has 2 N–H and O–H groups in total. The number of carbonyl (C=O) groups excluding carboxylic acids is 1. The van der Waals surface area contributed by atoms with Crippen LogP contribution in [0.15, 0.2) is 0 Å². The predicted octanol–water partition coefficient (Wildman–Crippen LogP) is -1.49. The van der Waals surface area contributed by atoms with E-state index >= 15 is 0 Å². The van der Waals surface area contributed by atoms with Crippen LogP contribution in [-0.4, -0.2) is 38.7 Å². The number of aromatic nitrogens is 4. The Morgan fingerprint density at radius 2 is 2.54 bits per heavy atom. The summed E-state index contributed by atoms with van der Waals surface area (Å²) in [5, 5.41) is 16.7. The van der Waals surface area contributed by atoms with Gasteiger partial charge in [0.05, 0.1) is 6.04 Å². The van der Waals surface area contributed by atoms with Gasteiger partial charge in [0.1, 0.15) is 0 Å². The van der Waals surface area contributed by atoms with Gasteiger partial charge in [-0.15, -0.1) is 0 Å². The summed E-state index contributed by atoms with van der Waals surface area (Å²) >= 11 is 0. The van der Waals surface area contributed by atoms with Gasteiger partial charge in [0.2, 0.25) is 11.9 Å². The molecule has 0 aromatic carbocycles. The van der Waals surface area contributed by atoms with Gasteiger partial charge in [-0.1, -0.05) is 5.10 Å². The van der Waals surface area contributed by atoms with Crippen LogP contribution in [0.5, 0.6) is 0 Å². The lowest BCUT2D eigenvalue weighted by molar-refractivity contribution is -0.119. The second-order valence-electron chi connectivity index (χ2n) is 2.98. The fraction of sp³-hybridized carbons (Fsp3) is 0.667. The van der Waals surface area contributed by atoms with E-state index in [0.29, 0.717) is 18.9 Å². The summed E-state index contributed by atoms with van der Waals surface area (Å²) in [5.41, 5.74) is 0. The van der Waals surface area contributed by atoms with Crippen LogP contribution >= 0.6 is 0 Å². The number of nitrogens with zero attached hydrogens (tertiary/aromatic N) is 4. The minimum Gasteiger partial charge on any atom is -0.354 e. The van der Waals surface area contributed by atoms with Crippen molar-refractivity contribution in [1.82, 2.24) is 25.5 Å². The van der Waals surface area contributed by atoms with Crippen LogP contribution in [-0.2, 0) is 11.8 Å². The first kappa shape index (κ1) is 7.96. The molecule has 7 heteroatoms. The van der Waals surface area contributed by atoms with Crippen molar-refractivity contribution in [3.8, 4) is 0 Å². The van der Waals surface area contributed by atoms with E-state index in [1.807, 2.05) is 0 Å². The van der Waals surface area contributed by atoms with Crippen LogP contribution in [0.1, 0.15) is 6.42 Å². The first-order valence-corrected chi connectivity index (χ1v) is 4.01.